The maximum atomic E-state index is 12.8. The fourth-order valence-corrected chi connectivity index (χ4v) is 4.40. The van der Waals surface area contributed by atoms with Gasteiger partial charge in [-0.3, -0.25) is 4.79 Å². The molecule has 32 heavy (non-hydrogen) atoms. The van der Waals surface area contributed by atoms with Gasteiger partial charge in [0.2, 0.25) is 5.91 Å². The molecule has 0 radical (unpaired) electrons. The Hall–Kier alpha value is -3.65. The maximum absolute atomic E-state index is 12.8. The summed E-state index contributed by atoms with van der Waals surface area (Å²) >= 11 is 0. The minimum Gasteiger partial charge on any atom is -0.356 e. The fourth-order valence-electron chi connectivity index (χ4n) is 4.40. The second-order valence-electron chi connectivity index (χ2n) is 8.30. The summed E-state index contributed by atoms with van der Waals surface area (Å²) in [5.74, 6) is 1.34. The van der Waals surface area contributed by atoms with Crippen LogP contribution in [-0.4, -0.2) is 30.5 Å². The molecule has 0 aliphatic carbocycles. The van der Waals surface area contributed by atoms with E-state index < -0.39 is 0 Å². The lowest BCUT2D eigenvalue weighted by Gasteiger charge is -2.33. The first kappa shape index (κ1) is 21.6. The van der Waals surface area contributed by atoms with Crippen LogP contribution in [-0.2, 0) is 4.79 Å². The smallest absolute Gasteiger partial charge is 0.220 e. The van der Waals surface area contributed by atoms with Gasteiger partial charge in [0.25, 0.3) is 0 Å². The van der Waals surface area contributed by atoms with E-state index in [-0.39, 0.29) is 11.8 Å². The molecule has 5 nitrogen and oxygen atoms in total. The van der Waals surface area contributed by atoms with Crippen molar-refractivity contribution in [2.75, 3.05) is 24.5 Å². The lowest BCUT2D eigenvalue weighted by Crippen LogP contribution is -2.39. The number of anilines is 1. The molecule has 1 amide bonds. The second-order valence-corrected chi connectivity index (χ2v) is 8.30. The van der Waals surface area contributed by atoms with Crippen LogP contribution in [0.1, 0.15) is 41.9 Å². The van der Waals surface area contributed by atoms with Gasteiger partial charge in [-0.2, -0.15) is 5.26 Å². The van der Waals surface area contributed by atoms with Crippen LogP contribution in [0.15, 0.2) is 79.0 Å². The molecule has 0 unspecified atom stereocenters. The highest BCUT2D eigenvalue weighted by molar-refractivity contribution is 5.77. The molecule has 0 bridgehead atoms. The molecule has 1 saturated heterocycles. The van der Waals surface area contributed by atoms with Gasteiger partial charge in [-0.1, -0.05) is 60.7 Å². The van der Waals surface area contributed by atoms with Gasteiger partial charge < -0.3 is 10.2 Å². The molecule has 5 heteroatoms. The molecule has 0 saturated carbocycles. The third kappa shape index (κ3) is 5.33. The Balaban J connectivity index is 1.31. The van der Waals surface area contributed by atoms with Crippen molar-refractivity contribution < 1.29 is 4.79 Å². The molecule has 2 heterocycles. The molecular weight excluding hydrogens is 396 g/mol. The quantitative estimate of drug-likeness (QED) is 0.606. The highest BCUT2D eigenvalue weighted by atomic mass is 16.1. The van der Waals surface area contributed by atoms with Gasteiger partial charge in [0.15, 0.2) is 0 Å². The first-order chi connectivity index (χ1) is 15.7. The third-order valence-electron chi connectivity index (χ3n) is 6.20. The summed E-state index contributed by atoms with van der Waals surface area (Å²) in [6, 6.07) is 26.3. The monoisotopic (exact) mass is 424 g/mol. The van der Waals surface area contributed by atoms with Crippen LogP contribution >= 0.6 is 0 Å². The van der Waals surface area contributed by atoms with E-state index in [4.69, 9.17) is 0 Å². The first-order valence-corrected chi connectivity index (χ1v) is 11.2. The van der Waals surface area contributed by atoms with Gasteiger partial charge in [-0.25, -0.2) is 4.98 Å². The van der Waals surface area contributed by atoms with Gasteiger partial charge in [0.1, 0.15) is 11.9 Å². The van der Waals surface area contributed by atoms with Crippen LogP contribution in [0.3, 0.4) is 0 Å². The number of carbonyl (C=O) groups excluding carboxylic acids is 1. The number of piperidine rings is 1. The number of nitriles is 1. The van der Waals surface area contributed by atoms with E-state index in [0.29, 0.717) is 24.4 Å². The number of nitrogens with one attached hydrogen (secondary N) is 1. The summed E-state index contributed by atoms with van der Waals surface area (Å²) in [6.07, 6.45) is 4.12. The lowest BCUT2D eigenvalue weighted by molar-refractivity contribution is -0.121. The van der Waals surface area contributed by atoms with Gasteiger partial charge in [0, 0.05) is 38.2 Å². The van der Waals surface area contributed by atoms with Crippen molar-refractivity contribution in [1.82, 2.24) is 10.3 Å². The predicted molar refractivity (Wildman–Crippen MR) is 126 cm³/mol. The van der Waals surface area contributed by atoms with Crippen LogP contribution in [0.25, 0.3) is 0 Å². The van der Waals surface area contributed by atoms with E-state index in [1.807, 2.05) is 42.5 Å². The Morgan fingerprint density at radius 1 is 1.00 bits per heavy atom. The summed E-state index contributed by atoms with van der Waals surface area (Å²) in [5.41, 5.74) is 2.93. The maximum Gasteiger partial charge on any atom is 0.220 e. The normalized spacial score (nSPS) is 14.2. The average molecular weight is 425 g/mol. The SMILES string of the molecule is N#Cc1cccnc1N1CCC(CNC(=O)CC(c2ccccc2)c2ccccc2)CC1. The molecule has 1 aromatic heterocycles. The lowest BCUT2D eigenvalue weighted by atomic mass is 9.88. The number of benzene rings is 2. The van der Waals surface area contributed by atoms with Gasteiger partial charge in [-0.15, -0.1) is 0 Å². The van der Waals surface area contributed by atoms with E-state index in [1.54, 1.807) is 12.3 Å². The van der Waals surface area contributed by atoms with Crippen molar-refractivity contribution in [3.05, 3.63) is 95.7 Å². The molecule has 162 valence electrons. The number of hydrogen-bond donors (Lipinski definition) is 1. The number of rotatable bonds is 7. The zero-order valence-corrected chi connectivity index (χ0v) is 18.2. The van der Waals surface area contributed by atoms with E-state index in [9.17, 15) is 10.1 Å². The number of nitrogens with zero attached hydrogens (tertiary/aromatic N) is 3. The summed E-state index contributed by atoms with van der Waals surface area (Å²) in [4.78, 5) is 19.4. The molecule has 0 atom stereocenters. The topological polar surface area (TPSA) is 69.0 Å². The van der Waals surface area contributed by atoms with Crippen molar-refractivity contribution in [3.8, 4) is 6.07 Å². The zero-order valence-electron chi connectivity index (χ0n) is 18.2. The number of pyridine rings is 1. The van der Waals surface area contributed by atoms with E-state index in [0.717, 1.165) is 42.9 Å². The van der Waals surface area contributed by atoms with Crippen molar-refractivity contribution in [3.63, 3.8) is 0 Å². The Kier molecular flexibility index (Phi) is 7.14. The van der Waals surface area contributed by atoms with E-state index >= 15 is 0 Å². The van der Waals surface area contributed by atoms with Crippen LogP contribution in [0, 0.1) is 17.2 Å². The largest absolute Gasteiger partial charge is 0.356 e. The van der Waals surface area contributed by atoms with Crippen molar-refractivity contribution >= 4 is 11.7 Å². The van der Waals surface area contributed by atoms with Crippen LogP contribution < -0.4 is 10.2 Å². The minimum atomic E-state index is 0.0489. The Labute approximate surface area is 189 Å². The predicted octanol–water partition coefficient (Wildman–Crippen LogP) is 4.51. The van der Waals surface area contributed by atoms with E-state index in [1.165, 1.54) is 0 Å². The molecular formula is C27H28N4O. The zero-order chi connectivity index (χ0) is 22.2. The Morgan fingerprint density at radius 3 is 2.22 bits per heavy atom. The standard InChI is InChI=1S/C27H28N4O/c28-19-24-12-7-15-29-27(24)31-16-13-21(14-17-31)20-30-26(32)18-25(22-8-3-1-4-9-22)23-10-5-2-6-11-23/h1-12,15,21,25H,13-14,16-18,20H2,(H,30,32). The number of amides is 1. The number of carbonyl (C=O) groups is 1. The third-order valence-corrected chi connectivity index (χ3v) is 6.20. The summed E-state index contributed by atoms with van der Waals surface area (Å²) in [5, 5.41) is 12.5. The Bertz CT molecular complexity index is 1010. The van der Waals surface area contributed by atoms with E-state index in [2.05, 4.69) is 45.5 Å². The molecule has 0 spiro atoms. The molecule has 4 rings (SSSR count). The number of hydrogen-bond acceptors (Lipinski definition) is 4. The van der Waals surface area contributed by atoms with Crippen molar-refractivity contribution in [2.45, 2.75) is 25.2 Å². The van der Waals surface area contributed by atoms with Gasteiger partial charge in [0.05, 0.1) is 5.56 Å². The highest BCUT2D eigenvalue weighted by Crippen LogP contribution is 2.28. The summed E-state index contributed by atoms with van der Waals surface area (Å²) in [6.45, 7) is 2.39. The molecule has 1 aliphatic rings. The van der Waals surface area contributed by atoms with Crippen molar-refractivity contribution in [1.29, 1.82) is 5.26 Å². The average Bonchev–Trinajstić information content (AvgIpc) is 2.87. The van der Waals surface area contributed by atoms with Crippen LogP contribution in [0.2, 0.25) is 0 Å². The molecule has 1 fully saturated rings. The number of aromatic nitrogens is 1. The molecule has 1 N–H and O–H groups in total. The minimum absolute atomic E-state index is 0.0489. The molecule has 3 aromatic rings. The van der Waals surface area contributed by atoms with Crippen LogP contribution in [0.5, 0.6) is 0 Å². The summed E-state index contributed by atoms with van der Waals surface area (Å²) < 4.78 is 0. The Morgan fingerprint density at radius 2 is 1.62 bits per heavy atom. The van der Waals surface area contributed by atoms with Crippen LogP contribution in [0.4, 0.5) is 5.82 Å². The first-order valence-electron chi connectivity index (χ1n) is 11.2. The van der Waals surface area contributed by atoms with Gasteiger partial charge in [-0.05, 0) is 42.0 Å². The second kappa shape index (κ2) is 10.6. The van der Waals surface area contributed by atoms with Gasteiger partial charge >= 0.3 is 0 Å². The highest BCUT2D eigenvalue weighted by Gasteiger charge is 2.23. The van der Waals surface area contributed by atoms with Crippen molar-refractivity contribution in [2.24, 2.45) is 5.92 Å². The molecule has 1 aliphatic heterocycles. The molecule has 2 aromatic carbocycles. The summed E-state index contributed by atoms with van der Waals surface area (Å²) in [7, 11) is 0. The fraction of sp³-hybridized carbons (Fsp3) is 0.296.